The Morgan fingerprint density at radius 1 is 1.05 bits per heavy atom. The highest BCUT2D eigenvalue weighted by Crippen LogP contribution is 2.36. The summed E-state index contributed by atoms with van der Waals surface area (Å²) >= 11 is 0. The molecule has 37 heavy (non-hydrogen) atoms. The van der Waals surface area contributed by atoms with Crippen LogP contribution in [0.1, 0.15) is 41.2 Å². The average molecular weight is 498 g/mol. The van der Waals surface area contributed by atoms with Gasteiger partial charge in [0.2, 0.25) is 0 Å². The maximum absolute atomic E-state index is 13.0. The minimum Gasteiger partial charge on any atom is -0.490 e. The van der Waals surface area contributed by atoms with Crippen LogP contribution in [0.25, 0.3) is 27.7 Å². The summed E-state index contributed by atoms with van der Waals surface area (Å²) in [6.07, 6.45) is 4.37. The van der Waals surface area contributed by atoms with Crippen molar-refractivity contribution >= 4 is 22.5 Å². The van der Waals surface area contributed by atoms with Crippen LogP contribution in [0, 0.1) is 13.8 Å². The molecule has 0 saturated carbocycles. The second kappa shape index (κ2) is 10.3. The fourth-order valence-corrected chi connectivity index (χ4v) is 4.71. The molecule has 0 bridgehead atoms. The van der Waals surface area contributed by atoms with E-state index in [1.165, 1.54) is 10.9 Å². The van der Waals surface area contributed by atoms with Gasteiger partial charge in [0.15, 0.2) is 17.1 Å². The van der Waals surface area contributed by atoms with Crippen LogP contribution in [0.3, 0.4) is 0 Å². The molecule has 0 atom stereocenters. The number of carbonyl (C=O) groups is 1. The molecule has 1 amide bonds. The highest BCUT2D eigenvalue weighted by atomic mass is 16.5. The van der Waals surface area contributed by atoms with Gasteiger partial charge in [-0.2, -0.15) is 5.10 Å². The molecule has 8 heteroatoms. The number of aromatic amines is 1. The quantitative estimate of drug-likeness (QED) is 0.290. The second-order valence-electron chi connectivity index (χ2n) is 8.85. The summed E-state index contributed by atoms with van der Waals surface area (Å²) < 4.78 is 13.3. The second-order valence-corrected chi connectivity index (χ2v) is 8.85. The van der Waals surface area contributed by atoms with Crippen molar-refractivity contribution < 1.29 is 14.3 Å². The lowest BCUT2D eigenvalue weighted by Gasteiger charge is -2.12. The van der Waals surface area contributed by atoms with Gasteiger partial charge in [0.1, 0.15) is 0 Å². The normalized spacial score (nSPS) is 11.2. The summed E-state index contributed by atoms with van der Waals surface area (Å²) in [6, 6.07) is 14.0. The lowest BCUT2D eigenvalue weighted by Crippen LogP contribution is -2.27. The van der Waals surface area contributed by atoms with Crippen LogP contribution in [0.2, 0.25) is 0 Å². The first-order valence-corrected chi connectivity index (χ1v) is 12.6. The average Bonchev–Trinajstić information content (AvgIpc) is 3.46. The Morgan fingerprint density at radius 2 is 1.84 bits per heavy atom. The predicted molar refractivity (Wildman–Crippen MR) is 145 cm³/mol. The lowest BCUT2D eigenvalue weighted by molar-refractivity contribution is 0.0952. The first-order chi connectivity index (χ1) is 18.0. The highest BCUT2D eigenvalue weighted by molar-refractivity contribution is 5.95. The van der Waals surface area contributed by atoms with Crippen molar-refractivity contribution in [3.63, 3.8) is 0 Å². The van der Waals surface area contributed by atoms with Crippen LogP contribution >= 0.6 is 0 Å². The van der Waals surface area contributed by atoms with E-state index < -0.39 is 0 Å². The smallest absolute Gasteiger partial charge is 0.254 e. The number of hydrogen-bond donors (Lipinski definition) is 2. The van der Waals surface area contributed by atoms with Gasteiger partial charge in [-0.25, -0.2) is 9.50 Å². The number of nitrogens with zero attached hydrogens (tertiary/aromatic N) is 3. The van der Waals surface area contributed by atoms with Crippen molar-refractivity contribution in [2.45, 2.75) is 34.1 Å². The molecule has 3 aromatic heterocycles. The molecule has 0 saturated heterocycles. The van der Waals surface area contributed by atoms with Gasteiger partial charge in [-0.05, 0) is 63.4 Å². The molecule has 2 N–H and O–H groups in total. The van der Waals surface area contributed by atoms with Gasteiger partial charge in [0, 0.05) is 35.4 Å². The zero-order valence-corrected chi connectivity index (χ0v) is 21.6. The molecule has 5 aromatic rings. The summed E-state index contributed by atoms with van der Waals surface area (Å²) in [5, 5.41) is 8.93. The molecular formula is C29H31N5O3. The number of hydrogen-bond acceptors (Lipinski definition) is 5. The van der Waals surface area contributed by atoms with E-state index in [0.717, 1.165) is 34.5 Å². The molecule has 0 aliphatic rings. The molecule has 0 fully saturated rings. The van der Waals surface area contributed by atoms with Crippen LogP contribution in [-0.2, 0) is 6.42 Å². The number of ether oxygens (including phenoxy) is 2. The zero-order chi connectivity index (χ0) is 25.9. The topological polar surface area (TPSA) is 93.5 Å². The third-order valence-electron chi connectivity index (χ3n) is 6.49. The van der Waals surface area contributed by atoms with Gasteiger partial charge in [-0.1, -0.05) is 24.3 Å². The van der Waals surface area contributed by atoms with Crippen molar-refractivity contribution in [2.75, 3.05) is 19.8 Å². The lowest BCUT2D eigenvalue weighted by atomic mass is 10.1. The molecule has 3 heterocycles. The maximum Gasteiger partial charge on any atom is 0.254 e. The largest absolute Gasteiger partial charge is 0.490 e. The minimum atomic E-state index is -0.166. The van der Waals surface area contributed by atoms with Gasteiger partial charge in [-0.15, -0.1) is 0 Å². The van der Waals surface area contributed by atoms with Crippen LogP contribution in [0.5, 0.6) is 11.5 Å². The molecule has 5 rings (SSSR count). The van der Waals surface area contributed by atoms with Gasteiger partial charge in [0.25, 0.3) is 5.91 Å². The van der Waals surface area contributed by atoms with Crippen LogP contribution < -0.4 is 14.8 Å². The van der Waals surface area contributed by atoms with Crippen molar-refractivity contribution in [2.24, 2.45) is 0 Å². The van der Waals surface area contributed by atoms with Crippen LogP contribution in [0.4, 0.5) is 0 Å². The number of nitrogens with one attached hydrogen (secondary N) is 2. The monoisotopic (exact) mass is 497 g/mol. The van der Waals surface area contributed by atoms with E-state index >= 15 is 0 Å². The summed E-state index contributed by atoms with van der Waals surface area (Å²) in [6.45, 7) is 9.34. The Morgan fingerprint density at radius 3 is 2.65 bits per heavy atom. The molecule has 0 radical (unpaired) electrons. The van der Waals surface area contributed by atoms with Crippen LogP contribution in [-0.4, -0.2) is 45.2 Å². The van der Waals surface area contributed by atoms with Gasteiger partial charge < -0.3 is 19.8 Å². The van der Waals surface area contributed by atoms with Crippen molar-refractivity contribution in [1.29, 1.82) is 0 Å². The Hall–Kier alpha value is -4.33. The van der Waals surface area contributed by atoms with E-state index in [-0.39, 0.29) is 5.91 Å². The number of aromatic nitrogens is 4. The van der Waals surface area contributed by atoms with Crippen molar-refractivity contribution in [3.05, 3.63) is 77.4 Å². The Kier molecular flexibility index (Phi) is 6.81. The van der Waals surface area contributed by atoms with E-state index in [4.69, 9.17) is 14.6 Å². The molecule has 8 nitrogen and oxygen atoms in total. The predicted octanol–water partition coefficient (Wildman–Crippen LogP) is 5.26. The van der Waals surface area contributed by atoms with Gasteiger partial charge >= 0.3 is 0 Å². The molecular weight excluding hydrogens is 466 g/mol. The molecule has 2 aromatic carbocycles. The van der Waals surface area contributed by atoms with E-state index in [1.807, 2.05) is 70.3 Å². The Bertz CT molecular complexity index is 1580. The molecule has 0 unspecified atom stereocenters. The van der Waals surface area contributed by atoms with E-state index in [0.29, 0.717) is 42.5 Å². The zero-order valence-electron chi connectivity index (χ0n) is 21.6. The number of benzene rings is 2. The van der Waals surface area contributed by atoms with Crippen molar-refractivity contribution in [1.82, 2.24) is 24.9 Å². The third kappa shape index (κ3) is 4.62. The summed E-state index contributed by atoms with van der Waals surface area (Å²) in [5.41, 5.74) is 6.86. The number of carbonyl (C=O) groups excluding carboxylic acids is 1. The summed E-state index contributed by atoms with van der Waals surface area (Å²) in [5.74, 6) is 1.22. The molecule has 190 valence electrons. The first-order valence-electron chi connectivity index (χ1n) is 12.6. The van der Waals surface area contributed by atoms with E-state index in [1.54, 1.807) is 10.7 Å². The number of fused-ring (bicyclic) bond motifs is 2. The SMILES string of the molecule is CCOc1ccc(-c2c(C)nn3c(C)c(C(=O)NCCc4c[nH]c5ccccc45)cnc23)cc1OCC. The fraction of sp³-hybridized carbons (Fsp3) is 0.276. The maximum atomic E-state index is 13.0. The van der Waals surface area contributed by atoms with Crippen LogP contribution in [0.15, 0.2) is 54.9 Å². The standard InChI is InChI=1S/C29H31N5O3/c1-5-36-25-12-11-20(15-26(25)37-6-2)27-18(3)33-34-19(4)23(17-32-28(27)34)29(35)30-14-13-21-16-31-24-10-8-7-9-22(21)24/h7-12,15-17,31H,5-6,13-14H2,1-4H3,(H,30,35). The number of H-pyrrole nitrogens is 1. The number of aryl methyl sites for hydroxylation is 2. The highest BCUT2D eigenvalue weighted by Gasteiger charge is 2.20. The molecule has 0 spiro atoms. The van der Waals surface area contributed by atoms with Gasteiger partial charge in [-0.3, -0.25) is 4.79 Å². The molecule has 0 aliphatic heterocycles. The number of amides is 1. The van der Waals surface area contributed by atoms with Crippen molar-refractivity contribution in [3.8, 4) is 22.6 Å². The molecule has 0 aliphatic carbocycles. The fourth-order valence-electron chi connectivity index (χ4n) is 4.71. The summed E-state index contributed by atoms with van der Waals surface area (Å²) in [4.78, 5) is 21.0. The van der Waals surface area contributed by atoms with E-state index in [2.05, 4.69) is 21.4 Å². The number of para-hydroxylation sites is 1. The first kappa shape index (κ1) is 24.4. The third-order valence-corrected chi connectivity index (χ3v) is 6.49. The summed E-state index contributed by atoms with van der Waals surface area (Å²) in [7, 11) is 0. The van der Waals surface area contributed by atoms with Gasteiger partial charge in [0.05, 0.1) is 30.2 Å². The minimum absolute atomic E-state index is 0.166. The number of rotatable bonds is 9. The Labute approximate surface area is 215 Å². The Balaban J connectivity index is 1.39. The van der Waals surface area contributed by atoms with E-state index in [9.17, 15) is 4.79 Å².